The molecule has 0 saturated carbocycles. The summed E-state index contributed by atoms with van der Waals surface area (Å²) in [5.74, 6) is -1.40. The number of halogens is 2. The molecule has 0 aromatic rings. The highest BCUT2D eigenvalue weighted by Crippen LogP contribution is 2.04. The van der Waals surface area contributed by atoms with Crippen LogP contribution in [0.3, 0.4) is 0 Å². The van der Waals surface area contributed by atoms with E-state index < -0.39 is 24.8 Å². The topological polar surface area (TPSA) is 46.6 Å². The number of ether oxygens (including phenoxy) is 1. The van der Waals surface area contributed by atoms with E-state index in [-0.39, 0.29) is 13.2 Å². The Labute approximate surface area is 67.1 Å². The number of hydrogen-bond acceptors (Lipinski definition) is 3. The van der Waals surface area contributed by atoms with Crippen LogP contribution in [0.25, 0.3) is 0 Å². The van der Waals surface area contributed by atoms with Crippen molar-refractivity contribution in [3.63, 3.8) is 0 Å². The van der Waals surface area contributed by atoms with Crippen LogP contribution < -0.4 is 0 Å². The summed E-state index contributed by atoms with van der Waals surface area (Å²) in [7, 11) is 0. The van der Waals surface area contributed by atoms with Gasteiger partial charge in [-0.3, -0.25) is 14.5 Å². The molecule has 0 atom stereocenters. The SMILES string of the molecule is O=C1COCC(=O)N1CC(F)F. The van der Waals surface area contributed by atoms with Gasteiger partial charge in [0.15, 0.2) is 0 Å². The van der Waals surface area contributed by atoms with Crippen LogP contribution in [-0.4, -0.2) is 42.9 Å². The highest BCUT2D eigenvalue weighted by Gasteiger charge is 2.28. The zero-order valence-corrected chi connectivity index (χ0v) is 6.13. The first-order valence-corrected chi connectivity index (χ1v) is 3.30. The minimum absolute atomic E-state index is 0.293. The van der Waals surface area contributed by atoms with Crippen LogP contribution in [0.4, 0.5) is 8.78 Å². The fourth-order valence-electron chi connectivity index (χ4n) is 0.862. The molecule has 2 amide bonds. The van der Waals surface area contributed by atoms with Gasteiger partial charge < -0.3 is 4.74 Å². The molecule has 1 aliphatic rings. The molecule has 0 radical (unpaired) electrons. The van der Waals surface area contributed by atoms with Crippen molar-refractivity contribution in [1.82, 2.24) is 4.90 Å². The number of alkyl halides is 2. The number of carbonyl (C=O) groups excluding carboxylic acids is 2. The van der Waals surface area contributed by atoms with Gasteiger partial charge in [-0.25, -0.2) is 8.78 Å². The summed E-state index contributed by atoms with van der Waals surface area (Å²) < 4.78 is 28.1. The first-order valence-electron chi connectivity index (χ1n) is 3.30. The molecular formula is C6H7F2NO3. The summed E-state index contributed by atoms with van der Waals surface area (Å²) in [4.78, 5) is 22.1. The maximum Gasteiger partial charge on any atom is 0.256 e. The minimum atomic E-state index is -2.68. The molecule has 6 heteroatoms. The van der Waals surface area contributed by atoms with Gasteiger partial charge in [-0.05, 0) is 0 Å². The van der Waals surface area contributed by atoms with Crippen LogP contribution in [-0.2, 0) is 14.3 Å². The Kier molecular flexibility index (Phi) is 2.69. The molecular weight excluding hydrogens is 172 g/mol. The lowest BCUT2D eigenvalue weighted by molar-refractivity contribution is -0.160. The van der Waals surface area contributed by atoms with E-state index in [1.807, 2.05) is 0 Å². The maximum absolute atomic E-state index is 11.8. The second kappa shape index (κ2) is 3.57. The predicted molar refractivity (Wildman–Crippen MR) is 33.5 cm³/mol. The average Bonchev–Trinajstić information content (AvgIpc) is 1.97. The van der Waals surface area contributed by atoms with Gasteiger partial charge in [0.25, 0.3) is 18.2 Å². The van der Waals surface area contributed by atoms with Gasteiger partial charge >= 0.3 is 0 Å². The molecule has 0 aromatic carbocycles. The Bertz CT molecular complexity index is 191. The van der Waals surface area contributed by atoms with Crippen LogP contribution in [0.5, 0.6) is 0 Å². The van der Waals surface area contributed by atoms with E-state index in [4.69, 9.17) is 0 Å². The van der Waals surface area contributed by atoms with Gasteiger partial charge in [0.1, 0.15) is 13.2 Å². The van der Waals surface area contributed by atoms with Crippen molar-refractivity contribution in [2.24, 2.45) is 0 Å². The first-order chi connectivity index (χ1) is 5.61. The standard InChI is InChI=1S/C6H7F2NO3/c7-4(8)1-9-5(10)2-12-3-6(9)11/h4H,1-3H2. The van der Waals surface area contributed by atoms with Crippen molar-refractivity contribution in [3.05, 3.63) is 0 Å². The number of imide groups is 1. The number of nitrogens with zero attached hydrogens (tertiary/aromatic N) is 1. The van der Waals surface area contributed by atoms with Crippen molar-refractivity contribution >= 4 is 11.8 Å². The molecule has 1 fully saturated rings. The quantitative estimate of drug-likeness (QED) is 0.543. The molecule has 0 aliphatic carbocycles. The Morgan fingerprint density at radius 1 is 1.33 bits per heavy atom. The summed E-state index contributed by atoms with van der Waals surface area (Å²) in [5.41, 5.74) is 0. The molecule has 12 heavy (non-hydrogen) atoms. The first kappa shape index (κ1) is 9.05. The molecule has 1 saturated heterocycles. The van der Waals surface area contributed by atoms with E-state index >= 15 is 0 Å². The Hall–Kier alpha value is -1.04. The van der Waals surface area contributed by atoms with E-state index in [0.717, 1.165) is 0 Å². The molecule has 0 spiro atoms. The number of rotatable bonds is 2. The maximum atomic E-state index is 11.8. The van der Waals surface area contributed by atoms with Gasteiger partial charge in [0.2, 0.25) is 0 Å². The van der Waals surface area contributed by atoms with Gasteiger partial charge in [0.05, 0.1) is 6.54 Å². The highest BCUT2D eigenvalue weighted by atomic mass is 19.3. The third-order valence-corrected chi connectivity index (χ3v) is 1.37. The summed E-state index contributed by atoms with van der Waals surface area (Å²) >= 11 is 0. The zero-order valence-electron chi connectivity index (χ0n) is 6.13. The minimum Gasteiger partial charge on any atom is -0.362 e. The fourth-order valence-corrected chi connectivity index (χ4v) is 0.862. The van der Waals surface area contributed by atoms with Gasteiger partial charge in [-0.1, -0.05) is 0 Å². The van der Waals surface area contributed by atoms with Gasteiger partial charge in [-0.2, -0.15) is 0 Å². The van der Waals surface area contributed by atoms with E-state index in [1.165, 1.54) is 0 Å². The van der Waals surface area contributed by atoms with Crippen molar-refractivity contribution in [2.75, 3.05) is 19.8 Å². The Morgan fingerprint density at radius 2 is 1.83 bits per heavy atom. The van der Waals surface area contributed by atoms with Crippen LogP contribution >= 0.6 is 0 Å². The lowest BCUT2D eigenvalue weighted by Gasteiger charge is -2.24. The normalized spacial score (nSPS) is 19.1. The van der Waals surface area contributed by atoms with Crippen LogP contribution in [0.1, 0.15) is 0 Å². The second-order valence-corrected chi connectivity index (χ2v) is 2.28. The monoisotopic (exact) mass is 179 g/mol. The van der Waals surface area contributed by atoms with Gasteiger partial charge in [-0.15, -0.1) is 0 Å². The smallest absolute Gasteiger partial charge is 0.256 e. The van der Waals surface area contributed by atoms with Crippen LogP contribution in [0.2, 0.25) is 0 Å². The van der Waals surface area contributed by atoms with Crippen LogP contribution in [0, 0.1) is 0 Å². The summed E-state index contributed by atoms with van der Waals surface area (Å²) in [6.45, 7) is -1.42. The Balaban J connectivity index is 2.57. The molecule has 1 rings (SSSR count). The molecule has 1 aliphatic heterocycles. The lowest BCUT2D eigenvalue weighted by Crippen LogP contribution is -2.48. The summed E-state index contributed by atoms with van der Waals surface area (Å²) in [5, 5.41) is 0. The zero-order chi connectivity index (χ0) is 9.14. The van der Waals surface area contributed by atoms with Crippen molar-refractivity contribution in [1.29, 1.82) is 0 Å². The van der Waals surface area contributed by atoms with E-state index in [0.29, 0.717) is 4.90 Å². The largest absolute Gasteiger partial charge is 0.362 e. The van der Waals surface area contributed by atoms with Crippen molar-refractivity contribution in [2.45, 2.75) is 6.43 Å². The van der Waals surface area contributed by atoms with E-state index in [9.17, 15) is 18.4 Å². The third kappa shape index (κ3) is 1.97. The number of amides is 2. The second-order valence-electron chi connectivity index (χ2n) is 2.28. The number of morpholine rings is 1. The molecule has 68 valence electrons. The molecule has 4 nitrogen and oxygen atoms in total. The van der Waals surface area contributed by atoms with Crippen LogP contribution in [0.15, 0.2) is 0 Å². The predicted octanol–water partition coefficient (Wildman–Crippen LogP) is -0.363. The lowest BCUT2D eigenvalue weighted by atomic mass is 10.4. The highest BCUT2D eigenvalue weighted by molar-refractivity contribution is 5.98. The summed E-state index contributed by atoms with van der Waals surface area (Å²) in [6.07, 6.45) is -2.68. The molecule has 0 bridgehead atoms. The molecule has 0 unspecified atom stereocenters. The summed E-state index contributed by atoms with van der Waals surface area (Å²) in [6, 6.07) is 0. The van der Waals surface area contributed by atoms with E-state index in [1.54, 1.807) is 0 Å². The van der Waals surface area contributed by atoms with Crippen molar-refractivity contribution in [3.8, 4) is 0 Å². The van der Waals surface area contributed by atoms with Crippen molar-refractivity contribution < 1.29 is 23.1 Å². The number of hydrogen-bond donors (Lipinski definition) is 0. The van der Waals surface area contributed by atoms with Gasteiger partial charge in [0, 0.05) is 0 Å². The molecule has 0 N–H and O–H groups in total. The third-order valence-electron chi connectivity index (χ3n) is 1.37. The molecule has 0 aromatic heterocycles. The Morgan fingerprint density at radius 3 is 2.25 bits per heavy atom. The molecule has 1 heterocycles. The number of carbonyl (C=O) groups is 2. The fraction of sp³-hybridized carbons (Fsp3) is 0.667. The average molecular weight is 179 g/mol. The van der Waals surface area contributed by atoms with E-state index in [2.05, 4.69) is 4.74 Å².